The highest BCUT2D eigenvalue weighted by Crippen LogP contribution is 2.30. The largest absolute Gasteiger partial charge is 0.378 e. The Hall–Kier alpha value is -3.19. The average Bonchev–Trinajstić information content (AvgIpc) is 3.28. The van der Waals surface area contributed by atoms with Crippen LogP contribution in [0.3, 0.4) is 0 Å². The Labute approximate surface area is 176 Å². The van der Waals surface area contributed by atoms with Crippen LogP contribution in [0.1, 0.15) is 13.3 Å². The number of allylic oxidation sites excluding steroid dienone is 2. The zero-order chi connectivity index (χ0) is 20.8. The van der Waals surface area contributed by atoms with Crippen molar-refractivity contribution < 1.29 is 4.74 Å². The van der Waals surface area contributed by atoms with E-state index < -0.39 is 0 Å². The summed E-state index contributed by atoms with van der Waals surface area (Å²) in [6.45, 7) is 5.82. The van der Waals surface area contributed by atoms with Crippen molar-refractivity contribution >= 4 is 28.4 Å². The van der Waals surface area contributed by atoms with Gasteiger partial charge in [0, 0.05) is 67.5 Å². The first kappa shape index (κ1) is 20.1. The first-order valence-corrected chi connectivity index (χ1v) is 10.4. The van der Waals surface area contributed by atoms with Crippen LogP contribution in [0.5, 0.6) is 0 Å². The summed E-state index contributed by atoms with van der Waals surface area (Å²) in [6, 6.07) is 10.4. The quantitative estimate of drug-likeness (QED) is 0.584. The van der Waals surface area contributed by atoms with Crippen LogP contribution in [0.25, 0.3) is 22.2 Å². The van der Waals surface area contributed by atoms with Gasteiger partial charge in [0.15, 0.2) is 0 Å². The SMILES string of the molecule is C/C=C\C(CCNc1nc(-c2cccc3[nH]ccc23)cc(N2CCOCC2)n1)=NC. The molecule has 2 aromatic heterocycles. The highest BCUT2D eigenvalue weighted by atomic mass is 16.5. The molecular formula is C23H28N6O. The molecule has 0 aliphatic carbocycles. The molecule has 2 N–H and O–H groups in total. The van der Waals surface area contributed by atoms with Crippen molar-refractivity contribution in [3.63, 3.8) is 0 Å². The van der Waals surface area contributed by atoms with Gasteiger partial charge >= 0.3 is 0 Å². The molecular weight excluding hydrogens is 376 g/mol. The number of H-pyrrole nitrogens is 1. The van der Waals surface area contributed by atoms with Crippen LogP contribution in [-0.4, -0.2) is 60.6 Å². The zero-order valence-electron chi connectivity index (χ0n) is 17.6. The highest BCUT2D eigenvalue weighted by Gasteiger charge is 2.17. The Balaban J connectivity index is 1.65. The standard InChI is InChI=1S/C23H28N6O/c1-3-5-17(24-2)8-10-26-23-27-21(16-22(28-23)29-12-14-30-15-13-29)18-6-4-7-20-19(18)9-11-25-20/h3-7,9,11,16,25H,8,10,12-15H2,1-2H3,(H,26,27,28)/b5-3-,24-17?. The van der Waals surface area contributed by atoms with Crippen LogP contribution >= 0.6 is 0 Å². The molecule has 0 amide bonds. The number of nitrogens with zero attached hydrogens (tertiary/aromatic N) is 4. The summed E-state index contributed by atoms with van der Waals surface area (Å²) >= 11 is 0. The van der Waals surface area contributed by atoms with Gasteiger partial charge in [0.1, 0.15) is 5.82 Å². The van der Waals surface area contributed by atoms with Crippen molar-refractivity contribution in [2.45, 2.75) is 13.3 Å². The number of benzene rings is 1. The summed E-state index contributed by atoms with van der Waals surface area (Å²) in [4.78, 5) is 19.5. The number of aromatic nitrogens is 3. The van der Waals surface area contributed by atoms with Crippen LogP contribution in [0.15, 0.2) is 53.7 Å². The molecule has 0 spiro atoms. The molecule has 7 nitrogen and oxygen atoms in total. The van der Waals surface area contributed by atoms with Gasteiger partial charge in [-0.1, -0.05) is 18.2 Å². The van der Waals surface area contributed by atoms with Crippen LogP contribution in [0.2, 0.25) is 0 Å². The van der Waals surface area contributed by atoms with Gasteiger partial charge in [0.2, 0.25) is 5.95 Å². The van der Waals surface area contributed by atoms with E-state index in [0.717, 1.165) is 73.0 Å². The Morgan fingerprint density at radius 3 is 2.93 bits per heavy atom. The summed E-state index contributed by atoms with van der Waals surface area (Å²) in [6.07, 6.45) is 6.82. The van der Waals surface area contributed by atoms with E-state index in [4.69, 9.17) is 14.7 Å². The van der Waals surface area contributed by atoms with E-state index in [2.05, 4.69) is 50.5 Å². The van der Waals surface area contributed by atoms with E-state index in [-0.39, 0.29) is 0 Å². The van der Waals surface area contributed by atoms with E-state index in [1.807, 2.05) is 32.3 Å². The number of ether oxygens (including phenoxy) is 1. The third-order valence-corrected chi connectivity index (χ3v) is 5.23. The number of hydrogen-bond acceptors (Lipinski definition) is 6. The summed E-state index contributed by atoms with van der Waals surface area (Å²) in [5.74, 6) is 1.56. The number of aliphatic imine (C=N–C) groups is 1. The molecule has 156 valence electrons. The highest BCUT2D eigenvalue weighted by molar-refractivity contribution is 5.95. The van der Waals surface area contributed by atoms with Gasteiger partial charge in [-0.05, 0) is 25.1 Å². The molecule has 1 aliphatic heterocycles. The lowest BCUT2D eigenvalue weighted by atomic mass is 10.1. The topological polar surface area (TPSA) is 78.4 Å². The van der Waals surface area contributed by atoms with Crippen molar-refractivity contribution in [2.24, 2.45) is 4.99 Å². The molecule has 1 saturated heterocycles. The fourth-order valence-electron chi connectivity index (χ4n) is 3.68. The maximum Gasteiger partial charge on any atom is 0.225 e. The minimum atomic E-state index is 0.637. The van der Waals surface area contributed by atoms with E-state index in [1.54, 1.807) is 0 Å². The second kappa shape index (κ2) is 9.54. The molecule has 3 aromatic rings. The van der Waals surface area contributed by atoms with Crippen molar-refractivity contribution in [3.05, 3.63) is 48.7 Å². The molecule has 0 unspecified atom stereocenters. The van der Waals surface area contributed by atoms with Gasteiger partial charge in [0.25, 0.3) is 0 Å². The molecule has 0 atom stereocenters. The Morgan fingerprint density at radius 2 is 2.13 bits per heavy atom. The first-order valence-electron chi connectivity index (χ1n) is 10.4. The predicted molar refractivity (Wildman–Crippen MR) is 124 cm³/mol. The van der Waals surface area contributed by atoms with Gasteiger partial charge in [-0.2, -0.15) is 4.98 Å². The van der Waals surface area contributed by atoms with Crippen molar-refractivity contribution in [3.8, 4) is 11.3 Å². The molecule has 3 heterocycles. The maximum absolute atomic E-state index is 5.52. The number of aromatic amines is 1. The Kier molecular flexibility index (Phi) is 6.39. The summed E-state index contributed by atoms with van der Waals surface area (Å²) < 4.78 is 5.52. The zero-order valence-corrected chi connectivity index (χ0v) is 17.6. The molecule has 7 heteroatoms. The number of rotatable bonds is 7. The third-order valence-electron chi connectivity index (χ3n) is 5.23. The summed E-state index contributed by atoms with van der Waals surface area (Å²) in [7, 11) is 1.82. The monoisotopic (exact) mass is 404 g/mol. The molecule has 0 saturated carbocycles. The minimum Gasteiger partial charge on any atom is -0.378 e. The van der Waals surface area contributed by atoms with Crippen molar-refractivity contribution in [1.82, 2.24) is 15.0 Å². The second-order valence-electron chi connectivity index (χ2n) is 7.17. The molecule has 30 heavy (non-hydrogen) atoms. The molecule has 4 rings (SSSR count). The number of fused-ring (bicyclic) bond motifs is 1. The van der Waals surface area contributed by atoms with Crippen LogP contribution in [0.4, 0.5) is 11.8 Å². The molecule has 1 fully saturated rings. The van der Waals surface area contributed by atoms with Crippen LogP contribution < -0.4 is 10.2 Å². The summed E-state index contributed by atoms with van der Waals surface area (Å²) in [5, 5.41) is 4.55. The van der Waals surface area contributed by atoms with Gasteiger partial charge in [-0.3, -0.25) is 4.99 Å². The number of hydrogen-bond donors (Lipinski definition) is 2. The van der Waals surface area contributed by atoms with Crippen molar-refractivity contribution in [1.29, 1.82) is 0 Å². The van der Waals surface area contributed by atoms with Gasteiger partial charge in [0.05, 0.1) is 18.9 Å². The summed E-state index contributed by atoms with van der Waals surface area (Å²) in [5.41, 5.74) is 4.16. The Morgan fingerprint density at radius 1 is 1.27 bits per heavy atom. The fraction of sp³-hybridized carbons (Fsp3) is 0.348. The van der Waals surface area contributed by atoms with Gasteiger partial charge in [-0.25, -0.2) is 4.98 Å². The van der Waals surface area contributed by atoms with Crippen molar-refractivity contribution in [2.75, 3.05) is 50.1 Å². The number of anilines is 2. The molecule has 1 aliphatic rings. The van der Waals surface area contributed by atoms with Crippen LogP contribution in [0, 0.1) is 0 Å². The number of morpholine rings is 1. The fourth-order valence-corrected chi connectivity index (χ4v) is 3.68. The number of nitrogens with one attached hydrogen (secondary N) is 2. The van der Waals surface area contributed by atoms with E-state index in [0.29, 0.717) is 5.95 Å². The average molecular weight is 405 g/mol. The first-order chi connectivity index (χ1) is 14.8. The minimum absolute atomic E-state index is 0.637. The molecule has 1 aromatic carbocycles. The predicted octanol–water partition coefficient (Wildman–Crippen LogP) is 3.91. The maximum atomic E-state index is 5.52. The Bertz CT molecular complexity index is 1050. The van der Waals surface area contributed by atoms with Crippen LogP contribution in [-0.2, 0) is 4.74 Å². The third kappa shape index (κ3) is 4.52. The lowest BCUT2D eigenvalue weighted by molar-refractivity contribution is 0.122. The second-order valence-corrected chi connectivity index (χ2v) is 7.17. The lowest BCUT2D eigenvalue weighted by Crippen LogP contribution is -2.37. The van der Waals surface area contributed by atoms with E-state index >= 15 is 0 Å². The van der Waals surface area contributed by atoms with Gasteiger partial charge < -0.3 is 19.9 Å². The lowest BCUT2D eigenvalue weighted by Gasteiger charge is -2.28. The van der Waals surface area contributed by atoms with E-state index in [1.165, 1.54) is 0 Å². The molecule has 0 radical (unpaired) electrons. The van der Waals surface area contributed by atoms with Gasteiger partial charge in [-0.15, -0.1) is 0 Å². The smallest absolute Gasteiger partial charge is 0.225 e. The molecule has 0 bridgehead atoms. The van der Waals surface area contributed by atoms with E-state index in [9.17, 15) is 0 Å². The normalized spacial score (nSPS) is 15.3.